The molecule has 1 rings (SSSR count). The average molecular weight is 268 g/mol. The number of phenolic OH excluding ortho intramolecular Hbond substituents is 2. The van der Waals surface area contributed by atoms with Gasteiger partial charge in [0.25, 0.3) is 0 Å². The molecule has 5 N–H and O–H groups in total. The van der Waals surface area contributed by atoms with Gasteiger partial charge in [-0.1, -0.05) is 12.1 Å². The Bertz CT molecular complexity index is 454. The summed E-state index contributed by atoms with van der Waals surface area (Å²) in [6, 6.07) is 3.84. The van der Waals surface area contributed by atoms with Crippen molar-refractivity contribution in [2.75, 3.05) is 6.54 Å². The van der Waals surface area contributed by atoms with E-state index in [9.17, 15) is 15.0 Å². The Balaban J connectivity index is 2.84. The fourth-order valence-corrected chi connectivity index (χ4v) is 1.54. The molecule has 0 spiro atoms. The predicted molar refractivity (Wildman–Crippen MR) is 70.9 cm³/mol. The Kier molecular flexibility index (Phi) is 4.61. The third-order valence-electron chi connectivity index (χ3n) is 2.35. The minimum atomic E-state index is -0.637. The topological polar surface area (TPSA) is 105 Å². The molecule has 0 radical (unpaired) electrons. The van der Waals surface area contributed by atoms with E-state index in [-0.39, 0.29) is 18.0 Å². The third-order valence-corrected chi connectivity index (χ3v) is 2.35. The Morgan fingerprint density at radius 3 is 2.58 bits per heavy atom. The van der Waals surface area contributed by atoms with Crippen LogP contribution in [0.25, 0.3) is 0 Å². The predicted octanol–water partition coefficient (Wildman–Crippen LogP) is 1.62. The Hall–Kier alpha value is -1.95. The number of hydrogen-bond acceptors (Lipinski definition) is 5. The van der Waals surface area contributed by atoms with Crippen molar-refractivity contribution in [2.24, 2.45) is 5.73 Å². The lowest BCUT2D eigenvalue weighted by Crippen LogP contribution is -2.37. The van der Waals surface area contributed by atoms with Crippen LogP contribution in [0.2, 0.25) is 0 Å². The summed E-state index contributed by atoms with van der Waals surface area (Å²) >= 11 is 0. The number of para-hydroxylation sites is 1. The number of carbonyl (C=O) groups is 1. The first kappa shape index (κ1) is 15.1. The summed E-state index contributed by atoms with van der Waals surface area (Å²) < 4.78 is 5.11. The molecule has 0 aliphatic carbocycles. The first-order chi connectivity index (χ1) is 8.74. The zero-order valence-corrected chi connectivity index (χ0v) is 11.3. The summed E-state index contributed by atoms with van der Waals surface area (Å²) in [5.74, 6) is -0.559. The first-order valence-electron chi connectivity index (χ1n) is 5.95. The SMILES string of the molecule is CC(C)(C)OC(=O)NC(CN)c1cccc(O)c1O. The Morgan fingerprint density at radius 1 is 1.42 bits per heavy atom. The monoisotopic (exact) mass is 268 g/mol. The van der Waals surface area contributed by atoms with Crippen LogP contribution in [0.1, 0.15) is 32.4 Å². The highest BCUT2D eigenvalue weighted by atomic mass is 16.6. The number of nitrogens with one attached hydrogen (secondary N) is 1. The summed E-state index contributed by atoms with van der Waals surface area (Å²) in [6.07, 6.45) is -0.634. The van der Waals surface area contributed by atoms with Gasteiger partial charge in [0.1, 0.15) is 5.60 Å². The largest absolute Gasteiger partial charge is 0.504 e. The van der Waals surface area contributed by atoms with Crippen molar-refractivity contribution in [2.45, 2.75) is 32.4 Å². The average Bonchev–Trinajstić information content (AvgIpc) is 2.27. The van der Waals surface area contributed by atoms with Gasteiger partial charge in [-0.25, -0.2) is 4.79 Å². The molecule has 6 nitrogen and oxygen atoms in total. The highest BCUT2D eigenvalue weighted by Crippen LogP contribution is 2.32. The molecule has 0 saturated heterocycles. The number of aromatic hydroxyl groups is 2. The zero-order chi connectivity index (χ0) is 14.6. The molecule has 1 aromatic carbocycles. The van der Waals surface area contributed by atoms with E-state index in [0.29, 0.717) is 5.56 Å². The van der Waals surface area contributed by atoms with Crippen LogP contribution in [-0.4, -0.2) is 28.5 Å². The summed E-state index contributed by atoms with van der Waals surface area (Å²) in [6.45, 7) is 5.30. The summed E-state index contributed by atoms with van der Waals surface area (Å²) in [5, 5.41) is 21.7. The first-order valence-corrected chi connectivity index (χ1v) is 5.95. The molecule has 19 heavy (non-hydrogen) atoms. The number of hydrogen-bond donors (Lipinski definition) is 4. The maximum absolute atomic E-state index is 11.7. The van der Waals surface area contributed by atoms with Crippen molar-refractivity contribution < 1.29 is 19.7 Å². The van der Waals surface area contributed by atoms with Crippen LogP contribution in [0.4, 0.5) is 4.79 Å². The highest BCUT2D eigenvalue weighted by Gasteiger charge is 2.22. The minimum absolute atomic E-state index is 0.0657. The molecule has 1 unspecified atom stereocenters. The normalized spacial score (nSPS) is 12.8. The third kappa shape index (κ3) is 4.33. The number of rotatable bonds is 3. The zero-order valence-electron chi connectivity index (χ0n) is 11.3. The van der Waals surface area contributed by atoms with Gasteiger partial charge in [-0.15, -0.1) is 0 Å². The Labute approximate surface area is 112 Å². The van der Waals surface area contributed by atoms with E-state index in [4.69, 9.17) is 10.5 Å². The van der Waals surface area contributed by atoms with Gasteiger partial charge in [0.2, 0.25) is 0 Å². The quantitative estimate of drug-likeness (QED) is 0.623. The maximum atomic E-state index is 11.7. The van der Waals surface area contributed by atoms with E-state index in [1.54, 1.807) is 32.9 Å². The van der Waals surface area contributed by atoms with Crippen LogP contribution in [0.15, 0.2) is 18.2 Å². The van der Waals surface area contributed by atoms with E-state index >= 15 is 0 Å². The van der Waals surface area contributed by atoms with E-state index in [1.807, 2.05) is 0 Å². The van der Waals surface area contributed by atoms with E-state index in [1.165, 1.54) is 6.07 Å². The number of benzene rings is 1. The second kappa shape index (κ2) is 5.79. The second-order valence-corrected chi connectivity index (χ2v) is 5.15. The van der Waals surface area contributed by atoms with E-state index < -0.39 is 17.7 Å². The van der Waals surface area contributed by atoms with Gasteiger partial charge in [-0.3, -0.25) is 0 Å². The van der Waals surface area contributed by atoms with E-state index in [2.05, 4.69) is 5.32 Å². The molecule has 1 amide bonds. The van der Waals surface area contributed by atoms with Gasteiger partial charge in [0.05, 0.1) is 6.04 Å². The molecule has 0 aliphatic rings. The lowest BCUT2D eigenvalue weighted by atomic mass is 10.1. The van der Waals surface area contributed by atoms with Crippen LogP contribution in [0.3, 0.4) is 0 Å². The van der Waals surface area contributed by atoms with Crippen LogP contribution in [-0.2, 0) is 4.74 Å². The van der Waals surface area contributed by atoms with Gasteiger partial charge in [-0.2, -0.15) is 0 Å². The van der Waals surface area contributed by atoms with Crippen molar-refractivity contribution >= 4 is 6.09 Å². The van der Waals surface area contributed by atoms with Crippen LogP contribution >= 0.6 is 0 Å². The molecule has 0 fully saturated rings. The van der Waals surface area contributed by atoms with Gasteiger partial charge >= 0.3 is 6.09 Å². The lowest BCUT2D eigenvalue weighted by molar-refractivity contribution is 0.0504. The molecule has 1 atom stereocenters. The standard InChI is InChI=1S/C13H20N2O4/c1-13(2,3)19-12(18)15-9(7-14)8-5-4-6-10(16)11(8)17/h4-6,9,16-17H,7,14H2,1-3H3,(H,15,18). The molecule has 1 aromatic rings. The number of amides is 1. The summed E-state index contributed by atoms with van der Waals surface area (Å²) in [4.78, 5) is 11.7. The Morgan fingerprint density at radius 2 is 2.05 bits per heavy atom. The van der Waals surface area contributed by atoms with Crippen molar-refractivity contribution in [1.29, 1.82) is 0 Å². The number of ether oxygens (including phenoxy) is 1. The van der Waals surface area contributed by atoms with Gasteiger partial charge in [-0.05, 0) is 26.8 Å². The molecular weight excluding hydrogens is 248 g/mol. The fraction of sp³-hybridized carbons (Fsp3) is 0.462. The molecule has 0 aliphatic heterocycles. The van der Waals surface area contributed by atoms with Gasteiger partial charge in [0.15, 0.2) is 11.5 Å². The number of nitrogens with two attached hydrogens (primary N) is 1. The number of carbonyl (C=O) groups excluding carboxylic acids is 1. The molecule has 0 aromatic heterocycles. The molecule has 0 heterocycles. The summed E-state index contributed by atoms with van der Waals surface area (Å²) in [7, 11) is 0. The smallest absolute Gasteiger partial charge is 0.408 e. The highest BCUT2D eigenvalue weighted by molar-refractivity contribution is 5.68. The van der Waals surface area contributed by atoms with E-state index in [0.717, 1.165) is 0 Å². The lowest BCUT2D eigenvalue weighted by Gasteiger charge is -2.23. The number of alkyl carbamates (subject to hydrolysis) is 1. The maximum Gasteiger partial charge on any atom is 0.408 e. The van der Waals surface area contributed by atoms with Crippen molar-refractivity contribution in [1.82, 2.24) is 5.32 Å². The molecule has 106 valence electrons. The molecule has 0 saturated carbocycles. The minimum Gasteiger partial charge on any atom is -0.504 e. The van der Waals surface area contributed by atoms with Crippen LogP contribution in [0.5, 0.6) is 11.5 Å². The van der Waals surface area contributed by atoms with Gasteiger partial charge in [0, 0.05) is 12.1 Å². The summed E-state index contributed by atoms with van der Waals surface area (Å²) in [5.41, 5.74) is 5.29. The molecular formula is C13H20N2O4. The fourth-order valence-electron chi connectivity index (χ4n) is 1.54. The van der Waals surface area contributed by atoms with Crippen LogP contribution in [0, 0.1) is 0 Å². The van der Waals surface area contributed by atoms with Gasteiger partial charge < -0.3 is 26.0 Å². The molecule has 6 heteroatoms. The molecule has 0 bridgehead atoms. The van der Waals surface area contributed by atoms with Crippen LogP contribution < -0.4 is 11.1 Å². The van der Waals surface area contributed by atoms with Crippen molar-refractivity contribution in [3.63, 3.8) is 0 Å². The second-order valence-electron chi connectivity index (χ2n) is 5.15. The van der Waals surface area contributed by atoms with Crippen molar-refractivity contribution in [3.8, 4) is 11.5 Å². The number of phenols is 2. The van der Waals surface area contributed by atoms with Crippen molar-refractivity contribution in [3.05, 3.63) is 23.8 Å².